The van der Waals surface area contributed by atoms with Crippen molar-refractivity contribution in [2.45, 2.75) is 37.3 Å². The molecule has 7 heteroatoms. The molecule has 1 fully saturated rings. The topological polar surface area (TPSA) is 109 Å². The lowest BCUT2D eigenvalue weighted by Crippen LogP contribution is -2.60. The van der Waals surface area contributed by atoms with Gasteiger partial charge in [-0.3, -0.25) is 0 Å². The van der Waals surface area contributed by atoms with Gasteiger partial charge in [-0.05, 0) is 5.56 Å². The van der Waals surface area contributed by atoms with Gasteiger partial charge in [0.25, 0.3) is 0 Å². The van der Waals surface area contributed by atoms with Gasteiger partial charge in [-0.25, -0.2) is 0 Å². The first-order valence-electron chi connectivity index (χ1n) is 7.17. The average Bonchev–Trinajstić information content (AvgIpc) is 2.56. The number of aliphatic hydroxyl groups excluding tert-OH is 4. The number of ether oxygens (including phenoxy) is 3. The minimum Gasteiger partial charge on any atom is -0.394 e. The van der Waals surface area contributed by atoms with Crippen LogP contribution in [0, 0.1) is 0 Å². The summed E-state index contributed by atoms with van der Waals surface area (Å²) in [7, 11) is 0. The van der Waals surface area contributed by atoms with E-state index in [-0.39, 0.29) is 26.4 Å². The van der Waals surface area contributed by atoms with Crippen molar-refractivity contribution in [3.05, 3.63) is 35.9 Å². The van der Waals surface area contributed by atoms with Gasteiger partial charge >= 0.3 is 0 Å². The first kappa shape index (κ1) is 17.3. The smallest absolute Gasteiger partial charge is 0.186 e. The van der Waals surface area contributed by atoms with Crippen LogP contribution in [0.4, 0.5) is 0 Å². The van der Waals surface area contributed by atoms with Gasteiger partial charge < -0.3 is 34.6 Å². The largest absolute Gasteiger partial charge is 0.394 e. The predicted octanol–water partition coefficient (Wildman–Crippen LogP) is -0.980. The van der Waals surface area contributed by atoms with E-state index in [2.05, 4.69) is 0 Å². The molecule has 1 heterocycles. The van der Waals surface area contributed by atoms with Crippen LogP contribution in [0.15, 0.2) is 30.3 Å². The molecule has 0 amide bonds. The van der Waals surface area contributed by atoms with Crippen molar-refractivity contribution in [3.63, 3.8) is 0 Å². The van der Waals surface area contributed by atoms with Gasteiger partial charge in [0.15, 0.2) is 6.29 Å². The molecule has 4 N–H and O–H groups in total. The van der Waals surface area contributed by atoms with Crippen LogP contribution >= 0.6 is 0 Å². The van der Waals surface area contributed by atoms with E-state index >= 15 is 0 Å². The molecule has 1 saturated heterocycles. The molecule has 2 rings (SSSR count). The summed E-state index contributed by atoms with van der Waals surface area (Å²) in [5.74, 6) is 0. The molecule has 0 aliphatic carbocycles. The Balaban J connectivity index is 1.97. The van der Waals surface area contributed by atoms with Crippen LogP contribution in [0.1, 0.15) is 5.56 Å². The molecule has 1 aliphatic rings. The Hall–Kier alpha value is -1.06. The van der Waals surface area contributed by atoms with Crippen molar-refractivity contribution in [1.29, 1.82) is 0 Å². The van der Waals surface area contributed by atoms with Crippen molar-refractivity contribution in [2.24, 2.45) is 0 Å². The third-order valence-electron chi connectivity index (χ3n) is 3.48. The SMILES string of the molecule is OCCO[C@@H]1O[C@H](CO)[C@@H](OCc2ccccc2)[C@H](O)[C@H]1O. The Bertz CT molecular complexity index is 425. The maximum atomic E-state index is 10.2. The number of benzene rings is 1. The van der Waals surface area contributed by atoms with Gasteiger partial charge in [-0.1, -0.05) is 30.3 Å². The van der Waals surface area contributed by atoms with Crippen LogP contribution < -0.4 is 0 Å². The summed E-state index contributed by atoms with van der Waals surface area (Å²) in [6.07, 6.45) is -5.41. The number of hydrogen-bond acceptors (Lipinski definition) is 7. The van der Waals surface area contributed by atoms with Crippen molar-refractivity contribution >= 4 is 0 Å². The fourth-order valence-electron chi connectivity index (χ4n) is 2.33. The third kappa shape index (κ3) is 4.23. The van der Waals surface area contributed by atoms with E-state index in [1.807, 2.05) is 30.3 Å². The second kappa shape index (κ2) is 8.54. The zero-order chi connectivity index (χ0) is 15.9. The highest BCUT2D eigenvalue weighted by Crippen LogP contribution is 2.25. The highest BCUT2D eigenvalue weighted by Gasteiger charge is 2.45. The second-order valence-corrected chi connectivity index (χ2v) is 5.06. The lowest BCUT2D eigenvalue weighted by atomic mass is 9.99. The predicted molar refractivity (Wildman–Crippen MR) is 75.8 cm³/mol. The standard InChI is InChI=1S/C15H22O7/c16-6-7-20-15-13(19)12(18)14(11(8-17)22-15)21-9-10-4-2-1-3-5-10/h1-5,11-19H,6-9H2/t11-,12-,13-,14-,15-/m1/s1. The molecule has 0 radical (unpaired) electrons. The lowest BCUT2D eigenvalue weighted by molar-refractivity contribution is -0.309. The second-order valence-electron chi connectivity index (χ2n) is 5.06. The normalized spacial score (nSPS) is 32.1. The third-order valence-corrected chi connectivity index (χ3v) is 3.48. The molecule has 7 nitrogen and oxygen atoms in total. The van der Waals surface area contributed by atoms with Crippen LogP contribution in [0.2, 0.25) is 0 Å². The Labute approximate surface area is 128 Å². The summed E-state index contributed by atoms with van der Waals surface area (Å²) in [5.41, 5.74) is 0.902. The van der Waals surface area contributed by atoms with Crippen molar-refractivity contribution in [3.8, 4) is 0 Å². The van der Waals surface area contributed by atoms with Gasteiger partial charge in [0, 0.05) is 0 Å². The Morgan fingerprint density at radius 3 is 2.36 bits per heavy atom. The van der Waals surface area contributed by atoms with Gasteiger partial charge in [0.2, 0.25) is 0 Å². The highest BCUT2D eigenvalue weighted by atomic mass is 16.7. The number of aliphatic hydroxyl groups is 4. The number of rotatable bonds is 7. The fourth-order valence-corrected chi connectivity index (χ4v) is 2.33. The molecule has 0 saturated carbocycles. The highest BCUT2D eigenvalue weighted by molar-refractivity contribution is 5.13. The Morgan fingerprint density at radius 1 is 1.00 bits per heavy atom. The maximum absolute atomic E-state index is 10.2. The molecular weight excluding hydrogens is 292 g/mol. The van der Waals surface area contributed by atoms with Crippen LogP contribution in [-0.2, 0) is 20.8 Å². The minimum absolute atomic E-state index is 0.0395. The molecular formula is C15H22O7. The van der Waals surface area contributed by atoms with Gasteiger partial charge in [-0.2, -0.15) is 0 Å². The summed E-state index contributed by atoms with van der Waals surface area (Å²) < 4.78 is 16.1. The zero-order valence-electron chi connectivity index (χ0n) is 12.1. The van der Waals surface area contributed by atoms with Gasteiger partial charge in [0.1, 0.15) is 24.4 Å². The molecule has 1 aliphatic heterocycles. The summed E-state index contributed by atoms with van der Waals surface area (Å²) in [5, 5.41) is 38.3. The molecule has 0 spiro atoms. The maximum Gasteiger partial charge on any atom is 0.186 e. The molecule has 124 valence electrons. The van der Waals surface area contributed by atoms with Gasteiger partial charge in [0.05, 0.1) is 26.4 Å². The monoisotopic (exact) mass is 314 g/mol. The van der Waals surface area contributed by atoms with E-state index in [1.54, 1.807) is 0 Å². The molecule has 5 atom stereocenters. The van der Waals surface area contributed by atoms with Crippen LogP contribution in [0.5, 0.6) is 0 Å². The fraction of sp³-hybridized carbons (Fsp3) is 0.600. The average molecular weight is 314 g/mol. The molecule has 1 aromatic rings. The molecule has 0 aromatic heterocycles. The first-order valence-corrected chi connectivity index (χ1v) is 7.17. The van der Waals surface area contributed by atoms with E-state index in [0.29, 0.717) is 0 Å². The van der Waals surface area contributed by atoms with E-state index < -0.39 is 30.7 Å². The van der Waals surface area contributed by atoms with Gasteiger partial charge in [-0.15, -0.1) is 0 Å². The quantitative estimate of drug-likeness (QED) is 0.512. The summed E-state index contributed by atoms with van der Waals surface area (Å²) in [6, 6.07) is 9.35. The lowest BCUT2D eigenvalue weighted by Gasteiger charge is -2.41. The molecule has 1 aromatic carbocycles. The van der Waals surface area contributed by atoms with Crippen LogP contribution in [0.3, 0.4) is 0 Å². The van der Waals surface area contributed by atoms with E-state index in [4.69, 9.17) is 19.3 Å². The minimum atomic E-state index is -1.32. The molecule has 0 unspecified atom stereocenters. The Kier molecular flexibility index (Phi) is 6.71. The van der Waals surface area contributed by atoms with Crippen molar-refractivity contribution in [1.82, 2.24) is 0 Å². The van der Waals surface area contributed by atoms with Crippen LogP contribution in [0.25, 0.3) is 0 Å². The van der Waals surface area contributed by atoms with Crippen molar-refractivity contribution < 1.29 is 34.6 Å². The summed E-state index contributed by atoms with van der Waals surface area (Å²) >= 11 is 0. The van der Waals surface area contributed by atoms with E-state index in [0.717, 1.165) is 5.56 Å². The molecule has 22 heavy (non-hydrogen) atoms. The first-order chi connectivity index (χ1) is 10.7. The van der Waals surface area contributed by atoms with E-state index in [9.17, 15) is 15.3 Å². The number of hydrogen-bond donors (Lipinski definition) is 4. The Morgan fingerprint density at radius 2 is 1.73 bits per heavy atom. The van der Waals surface area contributed by atoms with E-state index in [1.165, 1.54) is 0 Å². The molecule has 0 bridgehead atoms. The van der Waals surface area contributed by atoms with Crippen LogP contribution in [-0.4, -0.2) is 71.0 Å². The van der Waals surface area contributed by atoms with Crippen molar-refractivity contribution in [2.75, 3.05) is 19.8 Å². The zero-order valence-corrected chi connectivity index (χ0v) is 12.1. The summed E-state index contributed by atoms with van der Waals surface area (Å²) in [4.78, 5) is 0. The summed E-state index contributed by atoms with van der Waals surface area (Å²) in [6.45, 7) is -0.442.